The maximum absolute atomic E-state index is 12.1. The molecule has 3 N–H and O–H groups in total. The van der Waals surface area contributed by atoms with Crippen LogP contribution < -0.4 is 16.0 Å². The molecule has 0 radical (unpaired) electrons. The van der Waals surface area contributed by atoms with Crippen LogP contribution in [0.4, 0.5) is 0 Å². The van der Waals surface area contributed by atoms with Crippen LogP contribution in [0.15, 0.2) is 35.3 Å². The third-order valence-corrected chi connectivity index (χ3v) is 5.35. The van der Waals surface area contributed by atoms with Gasteiger partial charge in [0.1, 0.15) is 0 Å². The number of nitrogens with one attached hydrogen (secondary N) is 3. The topological polar surface area (TPSA) is 83.3 Å². The molecule has 1 aliphatic rings. The molecule has 3 rings (SSSR count). The molecule has 0 aliphatic heterocycles. The number of rotatable bonds is 8. The third-order valence-electron chi connectivity index (χ3n) is 5.35. The van der Waals surface area contributed by atoms with Gasteiger partial charge in [-0.15, -0.1) is 0 Å². The van der Waals surface area contributed by atoms with Crippen molar-refractivity contribution in [3.8, 4) is 5.69 Å². The fourth-order valence-corrected chi connectivity index (χ4v) is 3.89. The van der Waals surface area contributed by atoms with Gasteiger partial charge in [0.15, 0.2) is 5.96 Å². The molecule has 2 aromatic rings. The lowest BCUT2D eigenvalue weighted by atomic mass is 10.2. The first kappa shape index (κ1) is 21.9. The number of hydrogen-bond donors (Lipinski definition) is 3. The molecule has 1 fully saturated rings. The summed E-state index contributed by atoms with van der Waals surface area (Å²) in [5.74, 6) is 0.828. The summed E-state index contributed by atoms with van der Waals surface area (Å²) in [4.78, 5) is 16.9. The summed E-state index contributed by atoms with van der Waals surface area (Å²) >= 11 is 0. The standard InChI is InChI=1S/C23H34N6O/c1-4-24-23(25-14-13-22(30)27-20-10-6-7-11-20)26-16-19-9-5-8-12-21(19)29-18(3)15-17(2)28-29/h5,8-9,12,15,20H,4,6-7,10-11,13-14,16H2,1-3H3,(H,27,30)(H2,24,25,26). The number of carbonyl (C=O) groups excluding carboxylic acids is 1. The highest BCUT2D eigenvalue weighted by atomic mass is 16.1. The van der Waals surface area contributed by atoms with Crippen molar-refractivity contribution in [3.05, 3.63) is 47.3 Å². The number of guanidine groups is 1. The van der Waals surface area contributed by atoms with Crippen molar-refractivity contribution in [3.63, 3.8) is 0 Å². The summed E-state index contributed by atoms with van der Waals surface area (Å²) in [6.07, 6.45) is 5.11. The van der Waals surface area contributed by atoms with Crippen molar-refractivity contribution in [1.29, 1.82) is 0 Å². The number of amides is 1. The van der Waals surface area contributed by atoms with E-state index in [-0.39, 0.29) is 5.91 Å². The molecule has 1 aromatic carbocycles. The molecule has 1 saturated carbocycles. The molecular weight excluding hydrogens is 376 g/mol. The molecule has 0 unspecified atom stereocenters. The summed E-state index contributed by atoms with van der Waals surface area (Å²) in [5, 5.41) is 14.3. The van der Waals surface area contributed by atoms with Crippen LogP contribution in [-0.2, 0) is 11.3 Å². The van der Waals surface area contributed by atoms with Gasteiger partial charge in [0.25, 0.3) is 0 Å². The highest BCUT2D eigenvalue weighted by Crippen LogP contribution is 2.18. The summed E-state index contributed by atoms with van der Waals surface area (Å²) in [6, 6.07) is 10.6. The van der Waals surface area contributed by atoms with Crippen molar-refractivity contribution >= 4 is 11.9 Å². The number of nitrogens with zero attached hydrogens (tertiary/aromatic N) is 3. The van der Waals surface area contributed by atoms with Crippen molar-refractivity contribution < 1.29 is 4.79 Å². The molecule has 0 atom stereocenters. The van der Waals surface area contributed by atoms with Crippen LogP contribution in [0.2, 0.25) is 0 Å². The lowest BCUT2D eigenvalue weighted by Gasteiger charge is -2.14. The van der Waals surface area contributed by atoms with Crippen LogP contribution in [0.3, 0.4) is 0 Å². The molecule has 1 aliphatic carbocycles. The van der Waals surface area contributed by atoms with Gasteiger partial charge in [-0.1, -0.05) is 31.0 Å². The Morgan fingerprint density at radius 3 is 2.67 bits per heavy atom. The molecule has 7 heteroatoms. The minimum absolute atomic E-state index is 0.111. The first-order valence-electron chi connectivity index (χ1n) is 11.0. The number of hydrogen-bond acceptors (Lipinski definition) is 3. The van der Waals surface area contributed by atoms with Gasteiger partial charge in [0.2, 0.25) is 5.91 Å². The highest BCUT2D eigenvalue weighted by molar-refractivity contribution is 5.81. The predicted octanol–water partition coefficient (Wildman–Crippen LogP) is 2.99. The smallest absolute Gasteiger partial charge is 0.221 e. The Labute approximate surface area is 179 Å². The van der Waals surface area contributed by atoms with Crippen LogP contribution in [0.5, 0.6) is 0 Å². The molecule has 7 nitrogen and oxygen atoms in total. The first-order valence-corrected chi connectivity index (χ1v) is 11.0. The number of para-hydroxylation sites is 1. The summed E-state index contributed by atoms with van der Waals surface area (Å²) in [7, 11) is 0. The van der Waals surface area contributed by atoms with E-state index in [1.807, 2.05) is 30.7 Å². The molecule has 1 amide bonds. The summed E-state index contributed by atoms with van der Waals surface area (Å²) in [5.41, 5.74) is 4.23. The Morgan fingerprint density at radius 1 is 1.20 bits per heavy atom. The van der Waals surface area contributed by atoms with E-state index in [1.54, 1.807) is 0 Å². The van der Waals surface area contributed by atoms with Crippen molar-refractivity contribution in [2.75, 3.05) is 13.1 Å². The van der Waals surface area contributed by atoms with E-state index in [0.29, 0.717) is 31.5 Å². The minimum atomic E-state index is 0.111. The number of benzene rings is 1. The normalized spacial score (nSPS) is 14.7. The molecule has 1 aromatic heterocycles. The second-order valence-electron chi connectivity index (χ2n) is 7.89. The van der Waals surface area contributed by atoms with E-state index in [4.69, 9.17) is 4.99 Å². The largest absolute Gasteiger partial charge is 0.357 e. The first-order chi connectivity index (χ1) is 14.6. The zero-order valence-electron chi connectivity index (χ0n) is 18.4. The zero-order chi connectivity index (χ0) is 21.3. The minimum Gasteiger partial charge on any atom is -0.357 e. The maximum Gasteiger partial charge on any atom is 0.221 e. The summed E-state index contributed by atoms with van der Waals surface area (Å²) < 4.78 is 1.97. The van der Waals surface area contributed by atoms with Gasteiger partial charge in [-0.05, 0) is 51.3 Å². The van der Waals surface area contributed by atoms with E-state index >= 15 is 0 Å². The molecule has 0 saturated heterocycles. The second kappa shape index (κ2) is 10.8. The SMILES string of the molecule is CCNC(=NCc1ccccc1-n1nc(C)cc1C)NCCC(=O)NC1CCCC1. The number of carbonyl (C=O) groups is 1. The Bertz CT molecular complexity index is 866. The van der Waals surface area contributed by atoms with Crippen molar-refractivity contribution in [1.82, 2.24) is 25.7 Å². The lowest BCUT2D eigenvalue weighted by molar-refractivity contribution is -0.121. The molecule has 0 spiro atoms. The van der Waals surface area contributed by atoms with E-state index < -0.39 is 0 Å². The van der Waals surface area contributed by atoms with Gasteiger partial charge in [-0.2, -0.15) is 5.10 Å². The van der Waals surface area contributed by atoms with Crippen LogP contribution in [0.1, 0.15) is 56.0 Å². The average molecular weight is 411 g/mol. The molecule has 162 valence electrons. The van der Waals surface area contributed by atoms with Crippen molar-refractivity contribution in [2.24, 2.45) is 4.99 Å². The highest BCUT2D eigenvalue weighted by Gasteiger charge is 2.16. The fraction of sp³-hybridized carbons (Fsp3) is 0.522. The van der Waals surface area contributed by atoms with Crippen molar-refractivity contribution in [2.45, 2.75) is 65.5 Å². The Balaban J connectivity index is 1.59. The van der Waals surface area contributed by atoms with Gasteiger partial charge in [0, 0.05) is 31.2 Å². The fourth-order valence-electron chi connectivity index (χ4n) is 3.89. The van der Waals surface area contributed by atoms with Gasteiger partial charge >= 0.3 is 0 Å². The quantitative estimate of drug-likeness (QED) is 0.461. The Morgan fingerprint density at radius 2 is 1.97 bits per heavy atom. The Hall–Kier alpha value is -2.83. The molecule has 1 heterocycles. The number of aliphatic imine (C=N–C) groups is 1. The van der Waals surface area contributed by atoms with E-state index in [1.165, 1.54) is 12.8 Å². The maximum atomic E-state index is 12.1. The Kier molecular flexibility index (Phi) is 7.88. The lowest BCUT2D eigenvalue weighted by Crippen LogP contribution is -2.40. The molecule has 30 heavy (non-hydrogen) atoms. The molecule has 0 bridgehead atoms. The van der Waals surface area contributed by atoms with Gasteiger partial charge < -0.3 is 16.0 Å². The zero-order valence-corrected chi connectivity index (χ0v) is 18.4. The second-order valence-corrected chi connectivity index (χ2v) is 7.89. The predicted molar refractivity (Wildman–Crippen MR) is 121 cm³/mol. The van der Waals surface area contributed by atoms with E-state index in [9.17, 15) is 4.79 Å². The summed E-state index contributed by atoms with van der Waals surface area (Å²) in [6.45, 7) is 7.94. The van der Waals surface area contributed by atoms with Gasteiger partial charge in [-0.3, -0.25) is 4.79 Å². The van der Waals surface area contributed by atoms with E-state index in [2.05, 4.69) is 46.2 Å². The van der Waals surface area contributed by atoms with Crippen LogP contribution in [-0.4, -0.2) is 40.8 Å². The van der Waals surface area contributed by atoms with Crippen LogP contribution in [0, 0.1) is 13.8 Å². The van der Waals surface area contributed by atoms with Crippen LogP contribution in [0.25, 0.3) is 5.69 Å². The molecular formula is C23H34N6O. The number of aryl methyl sites for hydroxylation is 2. The number of aromatic nitrogens is 2. The van der Waals surface area contributed by atoms with Gasteiger partial charge in [0.05, 0.1) is 17.9 Å². The monoisotopic (exact) mass is 410 g/mol. The van der Waals surface area contributed by atoms with Gasteiger partial charge in [-0.25, -0.2) is 9.67 Å². The van der Waals surface area contributed by atoms with Crippen LogP contribution >= 0.6 is 0 Å². The third kappa shape index (κ3) is 6.08. The van der Waals surface area contributed by atoms with E-state index in [0.717, 1.165) is 42.0 Å². The average Bonchev–Trinajstić information content (AvgIpc) is 3.35.